The van der Waals surface area contributed by atoms with Gasteiger partial charge in [-0.05, 0) is 65.2 Å². The van der Waals surface area contributed by atoms with Gasteiger partial charge in [0.15, 0.2) is 0 Å². The lowest BCUT2D eigenvalue weighted by molar-refractivity contribution is 0.165. The van der Waals surface area contributed by atoms with Crippen LogP contribution in [0, 0.1) is 11.3 Å². The van der Waals surface area contributed by atoms with Crippen molar-refractivity contribution in [2.75, 3.05) is 6.54 Å². The lowest BCUT2D eigenvalue weighted by Crippen LogP contribution is -2.44. The van der Waals surface area contributed by atoms with Gasteiger partial charge in [-0.15, -0.1) is 11.8 Å². The lowest BCUT2D eigenvalue weighted by Gasteiger charge is -2.41. The summed E-state index contributed by atoms with van der Waals surface area (Å²) in [4.78, 5) is 4.54. The molecule has 0 radical (unpaired) electrons. The minimum absolute atomic E-state index is 0.400. The summed E-state index contributed by atoms with van der Waals surface area (Å²) >= 11 is 5.57. The summed E-state index contributed by atoms with van der Waals surface area (Å²) in [6.45, 7) is 10.4. The largest absolute Gasteiger partial charge is 0.313 e. The van der Waals surface area contributed by atoms with Gasteiger partial charge < -0.3 is 5.32 Å². The standard InChI is InChI=1S/C17H27BrN2S/c1-5-19-14-9-8-12(17(2,3)4)11-15(14)21-16-13(18)7-6-10-20-16/h6-7,10,12,14-15,19H,5,8-9,11H2,1-4H3. The fourth-order valence-electron chi connectivity index (χ4n) is 3.14. The van der Waals surface area contributed by atoms with Gasteiger partial charge in [-0.25, -0.2) is 4.98 Å². The molecule has 1 heterocycles. The first kappa shape index (κ1) is 17.3. The van der Waals surface area contributed by atoms with Gasteiger partial charge in [-0.3, -0.25) is 0 Å². The second kappa shape index (κ2) is 7.47. The molecule has 0 aromatic carbocycles. The molecule has 0 amide bonds. The van der Waals surface area contributed by atoms with Crippen LogP contribution in [-0.2, 0) is 0 Å². The molecule has 1 saturated carbocycles. The van der Waals surface area contributed by atoms with Gasteiger partial charge in [0.1, 0.15) is 5.03 Å². The second-order valence-corrected chi connectivity index (χ2v) is 9.07. The highest BCUT2D eigenvalue weighted by atomic mass is 79.9. The van der Waals surface area contributed by atoms with Gasteiger partial charge >= 0.3 is 0 Å². The quantitative estimate of drug-likeness (QED) is 0.794. The average Bonchev–Trinajstić information content (AvgIpc) is 2.42. The van der Waals surface area contributed by atoms with Gasteiger partial charge in [0.05, 0.1) is 0 Å². The Morgan fingerprint density at radius 1 is 1.38 bits per heavy atom. The molecule has 3 unspecified atom stereocenters. The fourth-order valence-corrected chi connectivity index (χ4v) is 4.99. The molecule has 21 heavy (non-hydrogen) atoms. The van der Waals surface area contributed by atoms with E-state index in [1.54, 1.807) is 0 Å². The summed E-state index contributed by atoms with van der Waals surface area (Å²) in [5.41, 5.74) is 0.400. The Bertz CT molecular complexity index is 458. The van der Waals surface area contributed by atoms with Crippen LogP contribution in [0.25, 0.3) is 0 Å². The Morgan fingerprint density at radius 2 is 2.14 bits per heavy atom. The van der Waals surface area contributed by atoms with E-state index in [-0.39, 0.29) is 0 Å². The van der Waals surface area contributed by atoms with E-state index in [4.69, 9.17) is 0 Å². The van der Waals surface area contributed by atoms with E-state index in [0.29, 0.717) is 16.7 Å². The average molecular weight is 371 g/mol. The molecule has 2 nitrogen and oxygen atoms in total. The molecule has 1 aliphatic carbocycles. The van der Waals surface area contributed by atoms with Gasteiger partial charge in [0.2, 0.25) is 0 Å². The Hall–Kier alpha value is -0.0600. The number of pyridine rings is 1. The smallest absolute Gasteiger partial charge is 0.110 e. The van der Waals surface area contributed by atoms with Crippen molar-refractivity contribution >= 4 is 27.7 Å². The first-order chi connectivity index (χ1) is 9.91. The number of rotatable bonds is 4. The molecule has 1 aliphatic rings. The first-order valence-corrected chi connectivity index (χ1v) is 9.59. The molecule has 2 rings (SSSR count). The van der Waals surface area contributed by atoms with Crippen LogP contribution in [-0.4, -0.2) is 22.8 Å². The van der Waals surface area contributed by atoms with E-state index in [1.807, 2.05) is 24.0 Å². The van der Waals surface area contributed by atoms with Crippen LogP contribution < -0.4 is 5.32 Å². The van der Waals surface area contributed by atoms with Crippen LogP contribution in [0.4, 0.5) is 0 Å². The maximum absolute atomic E-state index is 4.54. The van der Waals surface area contributed by atoms with Crippen LogP contribution in [0.2, 0.25) is 0 Å². The number of nitrogens with zero attached hydrogens (tertiary/aromatic N) is 1. The van der Waals surface area contributed by atoms with Crippen molar-refractivity contribution in [3.8, 4) is 0 Å². The fraction of sp³-hybridized carbons (Fsp3) is 0.706. The maximum atomic E-state index is 4.54. The summed E-state index contributed by atoms with van der Waals surface area (Å²) in [7, 11) is 0. The summed E-state index contributed by atoms with van der Waals surface area (Å²) in [6, 6.07) is 4.67. The normalized spacial score (nSPS) is 26.8. The number of thioether (sulfide) groups is 1. The van der Waals surface area contributed by atoms with E-state index in [9.17, 15) is 0 Å². The Kier molecular flexibility index (Phi) is 6.15. The molecule has 1 fully saturated rings. The summed E-state index contributed by atoms with van der Waals surface area (Å²) < 4.78 is 1.11. The van der Waals surface area contributed by atoms with E-state index in [0.717, 1.165) is 22.0 Å². The molecule has 3 atom stereocenters. The van der Waals surface area contributed by atoms with E-state index in [2.05, 4.69) is 60.0 Å². The molecule has 0 bridgehead atoms. The summed E-state index contributed by atoms with van der Waals surface area (Å²) in [5.74, 6) is 0.799. The van der Waals surface area contributed by atoms with Crippen molar-refractivity contribution in [1.29, 1.82) is 0 Å². The predicted molar refractivity (Wildman–Crippen MR) is 95.8 cm³/mol. The van der Waals surface area contributed by atoms with E-state index in [1.165, 1.54) is 19.3 Å². The second-order valence-electron chi connectivity index (χ2n) is 6.99. The third-order valence-corrected chi connectivity index (χ3v) is 6.75. The molecule has 1 N–H and O–H groups in total. The summed E-state index contributed by atoms with van der Waals surface area (Å²) in [6.07, 6.45) is 5.77. The van der Waals surface area contributed by atoms with Crippen LogP contribution in [0.3, 0.4) is 0 Å². The topological polar surface area (TPSA) is 24.9 Å². The van der Waals surface area contributed by atoms with Crippen molar-refractivity contribution in [2.45, 2.75) is 63.3 Å². The molecule has 4 heteroatoms. The zero-order chi connectivity index (χ0) is 15.5. The third kappa shape index (κ3) is 4.70. The van der Waals surface area contributed by atoms with Crippen LogP contribution >= 0.6 is 27.7 Å². The third-order valence-electron chi connectivity index (χ3n) is 4.47. The van der Waals surface area contributed by atoms with E-state index >= 15 is 0 Å². The summed E-state index contributed by atoms with van der Waals surface area (Å²) in [5, 5.41) is 5.41. The highest BCUT2D eigenvalue weighted by Crippen LogP contribution is 2.44. The van der Waals surface area contributed by atoms with Crippen molar-refractivity contribution in [3.05, 3.63) is 22.8 Å². The molecule has 0 aliphatic heterocycles. The number of aromatic nitrogens is 1. The predicted octanol–water partition coefficient (Wildman–Crippen LogP) is 5.13. The van der Waals surface area contributed by atoms with Gasteiger partial charge in [0.25, 0.3) is 0 Å². The monoisotopic (exact) mass is 370 g/mol. The number of nitrogens with one attached hydrogen (secondary N) is 1. The number of hydrogen-bond donors (Lipinski definition) is 1. The van der Waals surface area contributed by atoms with Gasteiger partial charge in [-0.1, -0.05) is 27.7 Å². The Morgan fingerprint density at radius 3 is 2.76 bits per heavy atom. The van der Waals surface area contributed by atoms with E-state index < -0.39 is 0 Å². The first-order valence-electron chi connectivity index (χ1n) is 7.92. The molecule has 0 saturated heterocycles. The van der Waals surface area contributed by atoms with Crippen LogP contribution in [0.1, 0.15) is 47.0 Å². The SMILES string of the molecule is CCNC1CCC(C(C)(C)C)CC1Sc1ncccc1Br. The Labute approximate surface area is 142 Å². The minimum Gasteiger partial charge on any atom is -0.313 e. The lowest BCUT2D eigenvalue weighted by atomic mass is 9.71. The van der Waals surface area contributed by atoms with Gasteiger partial charge in [-0.2, -0.15) is 0 Å². The number of hydrogen-bond acceptors (Lipinski definition) is 3. The van der Waals surface area contributed by atoms with Crippen molar-refractivity contribution < 1.29 is 0 Å². The van der Waals surface area contributed by atoms with Crippen LogP contribution in [0.15, 0.2) is 27.8 Å². The van der Waals surface area contributed by atoms with Crippen molar-refractivity contribution in [2.24, 2.45) is 11.3 Å². The Balaban J connectivity index is 2.12. The number of halogens is 1. The van der Waals surface area contributed by atoms with Gasteiger partial charge in [0, 0.05) is 22.0 Å². The molecule has 0 spiro atoms. The highest BCUT2D eigenvalue weighted by molar-refractivity contribution is 9.10. The molecular weight excluding hydrogens is 344 g/mol. The maximum Gasteiger partial charge on any atom is 0.110 e. The highest BCUT2D eigenvalue weighted by Gasteiger charge is 2.36. The van der Waals surface area contributed by atoms with Crippen molar-refractivity contribution in [3.63, 3.8) is 0 Å². The van der Waals surface area contributed by atoms with Crippen LogP contribution in [0.5, 0.6) is 0 Å². The molecule has 1 aromatic heterocycles. The van der Waals surface area contributed by atoms with Crippen molar-refractivity contribution in [1.82, 2.24) is 10.3 Å². The molecular formula is C17H27BrN2S. The zero-order valence-corrected chi connectivity index (χ0v) is 15.9. The zero-order valence-electron chi connectivity index (χ0n) is 13.5. The minimum atomic E-state index is 0.400. The molecule has 118 valence electrons. The molecule has 1 aromatic rings.